The second-order valence-corrected chi connectivity index (χ2v) is 4.94. The summed E-state index contributed by atoms with van der Waals surface area (Å²) >= 11 is 0. The highest BCUT2D eigenvalue weighted by molar-refractivity contribution is 5.98. The van der Waals surface area contributed by atoms with Gasteiger partial charge in [-0.25, -0.2) is 0 Å². The van der Waals surface area contributed by atoms with Crippen LogP contribution in [0.1, 0.15) is 21.6 Å². The SMILES string of the molecule is COc1ccc(C(=O)NCc2cnn(C)c2C)c(OC)c1OC. The van der Waals surface area contributed by atoms with E-state index in [1.807, 2.05) is 14.0 Å². The Morgan fingerprint density at radius 1 is 1.17 bits per heavy atom. The smallest absolute Gasteiger partial charge is 0.255 e. The minimum absolute atomic E-state index is 0.258. The summed E-state index contributed by atoms with van der Waals surface area (Å²) in [6.07, 6.45) is 1.74. The van der Waals surface area contributed by atoms with Gasteiger partial charge in [-0.05, 0) is 19.1 Å². The molecule has 1 aromatic carbocycles. The van der Waals surface area contributed by atoms with E-state index in [0.717, 1.165) is 11.3 Å². The molecule has 1 heterocycles. The van der Waals surface area contributed by atoms with Crippen LogP contribution in [0.25, 0.3) is 0 Å². The van der Waals surface area contributed by atoms with E-state index in [2.05, 4.69) is 10.4 Å². The van der Waals surface area contributed by atoms with Crippen molar-refractivity contribution in [2.75, 3.05) is 21.3 Å². The van der Waals surface area contributed by atoms with Crippen molar-refractivity contribution in [3.8, 4) is 17.2 Å². The summed E-state index contributed by atoms with van der Waals surface area (Å²) in [6.45, 7) is 2.33. The number of benzene rings is 1. The molecule has 23 heavy (non-hydrogen) atoms. The van der Waals surface area contributed by atoms with E-state index in [1.165, 1.54) is 21.3 Å². The average molecular weight is 319 g/mol. The highest BCUT2D eigenvalue weighted by Gasteiger charge is 2.20. The quantitative estimate of drug-likeness (QED) is 0.877. The highest BCUT2D eigenvalue weighted by Crippen LogP contribution is 2.39. The third kappa shape index (κ3) is 3.23. The molecule has 0 atom stereocenters. The Morgan fingerprint density at radius 3 is 2.39 bits per heavy atom. The van der Waals surface area contributed by atoms with Gasteiger partial charge in [0.1, 0.15) is 0 Å². The number of methoxy groups -OCH3 is 3. The van der Waals surface area contributed by atoms with Gasteiger partial charge < -0.3 is 19.5 Å². The molecule has 2 rings (SSSR count). The Labute approximate surface area is 135 Å². The average Bonchev–Trinajstić information content (AvgIpc) is 2.89. The van der Waals surface area contributed by atoms with Gasteiger partial charge in [-0.2, -0.15) is 5.10 Å². The molecule has 1 N–H and O–H groups in total. The summed E-state index contributed by atoms with van der Waals surface area (Å²) < 4.78 is 17.6. The van der Waals surface area contributed by atoms with E-state index in [-0.39, 0.29) is 5.91 Å². The maximum Gasteiger partial charge on any atom is 0.255 e. The van der Waals surface area contributed by atoms with Crippen molar-refractivity contribution in [3.63, 3.8) is 0 Å². The maximum absolute atomic E-state index is 12.5. The molecule has 7 heteroatoms. The largest absolute Gasteiger partial charge is 0.493 e. The molecule has 2 aromatic rings. The molecular formula is C16H21N3O4. The lowest BCUT2D eigenvalue weighted by Crippen LogP contribution is -2.23. The first kappa shape index (κ1) is 16.7. The number of carbonyl (C=O) groups is 1. The molecule has 0 aliphatic carbocycles. The van der Waals surface area contributed by atoms with Gasteiger partial charge in [-0.1, -0.05) is 0 Å². The number of aromatic nitrogens is 2. The van der Waals surface area contributed by atoms with E-state index in [0.29, 0.717) is 29.4 Å². The third-order valence-corrected chi connectivity index (χ3v) is 3.73. The molecule has 0 aliphatic rings. The van der Waals surface area contributed by atoms with Gasteiger partial charge in [-0.3, -0.25) is 9.48 Å². The van der Waals surface area contributed by atoms with Crippen LogP contribution in [0.2, 0.25) is 0 Å². The molecule has 1 aromatic heterocycles. The summed E-state index contributed by atoms with van der Waals surface area (Å²) in [6, 6.07) is 3.32. The van der Waals surface area contributed by atoms with Crippen LogP contribution in [0.5, 0.6) is 17.2 Å². The fourth-order valence-corrected chi connectivity index (χ4v) is 2.27. The first-order valence-electron chi connectivity index (χ1n) is 7.08. The number of amides is 1. The number of nitrogens with zero attached hydrogens (tertiary/aromatic N) is 2. The van der Waals surface area contributed by atoms with Crippen LogP contribution >= 0.6 is 0 Å². The van der Waals surface area contributed by atoms with Gasteiger partial charge in [-0.15, -0.1) is 0 Å². The van der Waals surface area contributed by atoms with Crippen molar-refractivity contribution in [2.45, 2.75) is 13.5 Å². The molecule has 0 saturated heterocycles. The van der Waals surface area contributed by atoms with E-state index in [9.17, 15) is 4.79 Å². The van der Waals surface area contributed by atoms with Crippen LogP contribution in [-0.4, -0.2) is 37.0 Å². The third-order valence-electron chi connectivity index (χ3n) is 3.73. The first-order valence-corrected chi connectivity index (χ1v) is 7.08. The summed E-state index contributed by atoms with van der Waals surface area (Å²) in [7, 11) is 6.38. The molecule has 0 spiro atoms. The standard InChI is InChI=1S/C16H21N3O4/c1-10-11(9-18-19(10)2)8-17-16(20)12-6-7-13(21-3)15(23-5)14(12)22-4/h6-7,9H,8H2,1-5H3,(H,17,20). The van der Waals surface area contributed by atoms with Crippen molar-refractivity contribution >= 4 is 5.91 Å². The number of rotatable bonds is 6. The number of hydrogen-bond acceptors (Lipinski definition) is 5. The zero-order valence-electron chi connectivity index (χ0n) is 14.0. The van der Waals surface area contributed by atoms with Crippen LogP contribution in [0, 0.1) is 6.92 Å². The summed E-state index contributed by atoms with van der Waals surface area (Å²) in [5, 5.41) is 7.02. The van der Waals surface area contributed by atoms with Crippen molar-refractivity contribution in [1.29, 1.82) is 0 Å². The van der Waals surface area contributed by atoms with Gasteiger partial charge in [0.2, 0.25) is 5.75 Å². The van der Waals surface area contributed by atoms with Gasteiger partial charge >= 0.3 is 0 Å². The van der Waals surface area contributed by atoms with Crippen LogP contribution < -0.4 is 19.5 Å². The Hall–Kier alpha value is -2.70. The fraction of sp³-hybridized carbons (Fsp3) is 0.375. The summed E-state index contributed by atoms with van der Waals surface area (Å²) in [4.78, 5) is 12.5. The number of aryl methyl sites for hydroxylation is 1. The van der Waals surface area contributed by atoms with Gasteiger partial charge in [0.05, 0.1) is 33.1 Å². The second-order valence-electron chi connectivity index (χ2n) is 4.94. The molecule has 0 radical (unpaired) electrons. The van der Waals surface area contributed by atoms with Gasteiger partial charge in [0.15, 0.2) is 11.5 Å². The normalized spacial score (nSPS) is 10.3. The summed E-state index contributed by atoms with van der Waals surface area (Å²) in [5.74, 6) is 0.975. The zero-order valence-corrected chi connectivity index (χ0v) is 14.0. The van der Waals surface area contributed by atoms with E-state index >= 15 is 0 Å². The van der Waals surface area contributed by atoms with Crippen molar-refractivity contribution < 1.29 is 19.0 Å². The molecule has 0 saturated carbocycles. The topological polar surface area (TPSA) is 74.6 Å². The minimum Gasteiger partial charge on any atom is -0.493 e. The molecule has 124 valence electrons. The van der Waals surface area contributed by atoms with Gasteiger partial charge in [0, 0.05) is 24.8 Å². The van der Waals surface area contributed by atoms with Crippen molar-refractivity contribution in [3.05, 3.63) is 35.2 Å². The second kappa shape index (κ2) is 7.04. The lowest BCUT2D eigenvalue weighted by atomic mass is 10.1. The molecule has 0 aliphatic heterocycles. The van der Waals surface area contributed by atoms with Crippen LogP contribution in [0.3, 0.4) is 0 Å². The van der Waals surface area contributed by atoms with E-state index in [1.54, 1.807) is 23.0 Å². The van der Waals surface area contributed by atoms with Crippen molar-refractivity contribution in [1.82, 2.24) is 15.1 Å². The molecule has 0 fully saturated rings. The fourth-order valence-electron chi connectivity index (χ4n) is 2.27. The number of carbonyl (C=O) groups excluding carboxylic acids is 1. The predicted molar refractivity (Wildman–Crippen MR) is 85.2 cm³/mol. The predicted octanol–water partition coefficient (Wildman–Crippen LogP) is 1.68. The van der Waals surface area contributed by atoms with Crippen LogP contribution in [0.15, 0.2) is 18.3 Å². The maximum atomic E-state index is 12.5. The Bertz CT molecular complexity index is 710. The van der Waals surface area contributed by atoms with Gasteiger partial charge in [0.25, 0.3) is 5.91 Å². The Kier molecular flexibility index (Phi) is 5.10. The van der Waals surface area contributed by atoms with Crippen LogP contribution in [0.4, 0.5) is 0 Å². The highest BCUT2D eigenvalue weighted by atomic mass is 16.5. The monoisotopic (exact) mass is 319 g/mol. The number of ether oxygens (including phenoxy) is 3. The number of nitrogens with one attached hydrogen (secondary N) is 1. The molecule has 7 nitrogen and oxygen atoms in total. The summed E-state index contributed by atoms with van der Waals surface area (Å²) in [5.41, 5.74) is 2.34. The lowest BCUT2D eigenvalue weighted by molar-refractivity contribution is 0.0947. The lowest BCUT2D eigenvalue weighted by Gasteiger charge is -2.15. The van der Waals surface area contributed by atoms with E-state index < -0.39 is 0 Å². The van der Waals surface area contributed by atoms with E-state index in [4.69, 9.17) is 14.2 Å². The minimum atomic E-state index is -0.258. The molecular weight excluding hydrogens is 298 g/mol. The Balaban J connectivity index is 2.23. The Morgan fingerprint density at radius 2 is 1.87 bits per heavy atom. The number of hydrogen-bond donors (Lipinski definition) is 1. The van der Waals surface area contributed by atoms with Crippen LogP contribution in [-0.2, 0) is 13.6 Å². The first-order chi connectivity index (χ1) is 11.0. The molecule has 0 bridgehead atoms. The zero-order chi connectivity index (χ0) is 17.0. The molecule has 1 amide bonds. The van der Waals surface area contributed by atoms with Crippen molar-refractivity contribution in [2.24, 2.45) is 7.05 Å². The molecule has 0 unspecified atom stereocenters.